The molecule has 46 nitrogen and oxygen atoms in total. The van der Waals surface area contributed by atoms with Crippen LogP contribution in [-0.2, 0) is 104 Å². The Bertz CT molecular complexity index is 4000. The van der Waals surface area contributed by atoms with Crippen LogP contribution in [0.2, 0.25) is 0 Å². The lowest BCUT2D eigenvalue weighted by Crippen LogP contribution is -2.62. The molecule has 0 saturated carbocycles. The number of carbonyl (C=O) groups is 19. The molecule has 0 heterocycles. The largest absolute Gasteiger partial charge is 0.508 e. The molecule has 16 amide bonds. The monoisotopic (exact) mass is 1740 g/mol. The number of nitrogens with two attached hydrogens (primary N) is 5. The van der Waals surface area contributed by atoms with Crippen LogP contribution < -0.4 is 103 Å². The van der Waals surface area contributed by atoms with Gasteiger partial charge in [-0.2, -0.15) is 11.8 Å². The zero-order valence-electron chi connectivity index (χ0n) is 69.0. The number of phenols is 2. The molecule has 0 radical (unpaired) electrons. The number of rotatable bonds is 56. The maximum Gasteiger partial charge on any atom is 0.326 e. The Morgan fingerprint density at radius 3 is 1.12 bits per heavy atom. The number of carboxylic acids is 3. The number of nitrogens with one attached hydrogen (secondary N) is 14. The zero-order chi connectivity index (χ0) is 92.5. The molecular formula is C75H116N20O26S. The van der Waals surface area contributed by atoms with Crippen molar-refractivity contribution in [2.24, 2.45) is 51.4 Å². The summed E-state index contributed by atoms with van der Waals surface area (Å²) in [6, 6.07) is -14.8. The van der Waals surface area contributed by atoms with Crippen LogP contribution in [0.1, 0.15) is 131 Å². The van der Waals surface area contributed by atoms with Crippen LogP contribution in [-0.4, -0.2) is 277 Å². The van der Waals surface area contributed by atoms with Crippen LogP contribution in [0.25, 0.3) is 0 Å². The van der Waals surface area contributed by atoms with Gasteiger partial charge >= 0.3 is 17.9 Å². The standard InChI is InChI=1S/C75H116N20O26S/c1-34(2)27-47(87-60(106)37(7)76)66(112)89-49(30-55(78)101)68(114)93-53(33-97)71(117)94-58(35(3)4)72(118)82-38(8)61(107)88-48(28-39-12-16-41(98)17-13-39)67(113)85-45(21-23-56(102)103)63(109)83-43(11-10-25-81-75(79)80)62(108)92-52(32-96)70(116)95-59(36(5)6)73(119)86-46(24-26-122-9)65(111)84-44(20-22-54(77)100)64(110)90-50(31-57(104)105)69(115)91-51(74(120)121)29-40-14-18-42(99)19-15-40/h12-19,34-38,43-53,58-59,96-99H,10-11,20-33,76H2,1-9H3,(H2,77,100)(H2,78,101)(H,82,118)(H,83,109)(H,84,111)(H,85,113)(H,86,119)(H,87,106)(H,88,107)(H,89,112)(H,90,110)(H,91,115)(H,92,108)(H,93,114)(H,94,117)(H,95,116)(H,102,103)(H,104,105)(H,120,121)(H4,79,80,81)/t37-,38-,43-,44-,45-,46-,47-,48-,49-,50-,51-,52-,53-,58-,59-/m0/s1. The highest BCUT2D eigenvalue weighted by Crippen LogP contribution is 2.17. The highest BCUT2D eigenvalue weighted by Gasteiger charge is 2.40. The van der Waals surface area contributed by atoms with Crippen LogP contribution in [0.4, 0.5) is 0 Å². The third-order valence-electron chi connectivity index (χ3n) is 18.1. The number of guanidine groups is 1. The number of aromatic hydroxyl groups is 2. The average Bonchev–Trinajstić information content (AvgIpc) is 0.854. The number of hydrogen-bond acceptors (Lipinski definition) is 26. The van der Waals surface area contributed by atoms with Gasteiger partial charge in [-0.15, -0.1) is 0 Å². The van der Waals surface area contributed by atoms with Gasteiger partial charge in [-0.05, 0) is 118 Å². The van der Waals surface area contributed by atoms with Crippen molar-refractivity contribution < 1.29 is 127 Å². The predicted octanol–water partition coefficient (Wildman–Crippen LogP) is -8.25. The quantitative estimate of drug-likeness (QED) is 0.0166. The minimum Gasteiger partial charge on any atom is -0.508 e. The third-order valence-corrected chi connectivity index (χ3v) is 18.7. The van der Waals surface area contributed by atoms with Crippen LogP contribution in [0.3, 0.4) is 0 Å². The van der Waals surface area contributed by atoms with Crippen molar-refractivity contribution in [2.45, 2.75) is 223 Å². The van der Waals surface area contributed by atoms with Crippen molar-refractivity contribution in [3.8, 4) is 11.5 Å². The number of phenolic OH excluding ortho intramolecular Hbond substituents is 2. The number of nitrogens with zero attached hydrogens (tertiary/aromatic N) is 1. The lowest BCUT2D eigenvalue weighted by molar-refractivity contribution is -0.144. The molecule has 0 aromatic heterocycles. The van der Waals surface area contributed by atoms with E-state index in [1.54, 1.807) is 20.1 Å². The molecule has 0 aliphatic heterocycles. The zero-order valence-corrected chi connectivity index (χ0v) is 69.8. The Kier molecular flexibility index (Phi) is 46.0. The predicted molar refractivity (Wildman–Crippen MR) is 435 cm³/mol. The number of aliphatic hydroxyl groups excluding tert-OH is 2. The van der Waals surface area contributed by atoms with E-state index in [-0.39, 0.29) is 61.0 Å². The fraction of sp³-hybridized carbons (Fsp3) is 0.573. The van der Waals surface area contributed by atoms with Crippen LogP contribution in [0.5, 0.6) is 11.5 Å². The number of amides is 16. The number of benzene rings is 2. The van der Waals surface area contributed by atoms with E-state index in [1.807, 2.05) is 0 Å². The first-order chi connectivity index (χ1) is 57.1. The molecule has 0 unspecified atom stereocenters. The smallest absolute Gasteiger partial charge is 0.326 e. The number of carbonyl (C=O) groups excluding carboxylic acids is 16. The molecule has 122 heavy (non-hydrogen) atoms. The van der Waals surface area contributed by atoms with Gasteiger partial charge in [0.2, 0.25) is 94.5 Å². The van der Waals surface area contributed by atoms with Gasteiger partial charge in [0.1, 0.15) is 96.1 Å². The van der Waals surface area contributed by atoms with Gasteiger partial charge in [0, 0.05) is 32.2 Å². The van der Waals surface area contributed by atoms with E-state index in [4.69, 9.17) is 28.7 Å². The van der Waals surface area contributed by atoms with Crippen molar-refractivity contribution in [2.75, 3.05) is 31.8 Å². The van der Waals surface area contributed by atoms with E-state index in [9.17, 15) is 127 Å². The molecule has 0 aliphatic carbocycles. The highest BCUT2D eigenvalue weighted by molar-refractivity contribution is 7.98. The second kappa shape index (κ2) is 53.2. The first-order valence-corrected chi connectivity index (χ1v) is 40.1. The molecule has 0 aliphatic rings. The minimum absolute atomic E-state index is 0.0519. The lowest BCUT2D eigenvalue weighted by atomic mass is 10.0. The third kappa shape index (κ3) is 39.1. The van der Waals surface area contributed by atoms with Gasteiger partial charge < -0.3 is 139 Å². The normalized spacial score (nSPS) is 14.8. The van der Waals surface area contributed by atoms with Gasteiger partial charge in [0.15, 0.2) is 5.96 Å². The van der Waals surface area contributed by atoms with Gasteiger partial charge in [0.05, 0.1) is 32.1 Å². The Hall–Kier alpha value is -12.5. The summed E-state index contributed by atoms with van der Waals surface area (Å²) in [5, 5.41) is 103. The van der Waals surface area contributed by atoms with Crippen LogP contribution >= 0.6 is 11.8 Å². The molecule has 2 aromatic rings. The second-order valence-corrected chi connectivity index (χ2v) is 30.6. The lowest BCUT2D eigenvalue weighted by Gasteiger charge is -2.29. The molecule has 0 saturated heterocycles. The van der Waals surface area contributed by atoms with E-state index in [0.29, 0.717) is 5.56 Å². The Balaban J connectivity index is 2.50. The Morgan fingerprint density at radius 2 is 0.730 bits per heavy atom. The number of carboxylic acid groups (broad SMARTS) is 3. The summed E-state index contributed by atoms with van der Waals surface area (Å²) in [4.78, 5) is 260. The Labute approximate surface area is 706 Å². The Morgan fingerprint density at radius 1 is 0.377 bits per heavy atom. The number of aliphatic carboxylic acids is 3. The first-order valence-electron chi connectivity index (χ1n) is 38.7. The van der Waals surface area contributed by atoms with Gasteiger partial charge in [0.25, 0.3) is 0 Å². The van der Waals surface area contributed by atoms with Crippen molar-refractivity contribution >= 4 is 130 Å². The average molecular weight is 1750 g/mol. The summed E-state index contributed by atoms with van der Waals surface area (Å²) in [5.41, 5.74) is 28.1. The van der Waals surface area contributed by atoms with Gasteiger partial charge in [-0.3, -0.25) is 91.3 Å². The maximum atomic E-state index is 14.6. The molecule has 2 rings (SSSR count). The summed E-state index contributed by atoms with van der Waals surface area (Å²) in [5.74, 6) is -25.1. The first kappa shape index (κ1) is 106. The molecule has 0 fully saturated rings. The van der Waals surface area contributed by atoms with E-state index in [0.717, 1.165) is 6.92 Å². The van der Waals surface area contributed by atoms with Gasteiger partial charge in [-0.1, -0.05) is 65.8 Å². The fourth-order valence-corrected chi connectivity index (χ4v) is 11.9. The van der Waals surface area contributed by atoms with Crippen molar-refractivity contribution in [3.05, 3.63) is 59.7 Å². The van der Waals surface area contributed by atoms with Crippen LogP contribution in [0.15, 0.2) is 53.5 Å². The van der Waals surface area contributed by atoms with E-state index in [2.05, 4.69) is 79.4 Å². The summed E-state index contributed by atoms with van der Waals surface area (Å²) in [7, 11) is 0. The topological polar surface area (TPSA) is 777 Å². The SMILES string of the molecule is CSCC[C@H](NC(=O)[C@@H](NC(=O)[C@H](CO)NC(=O)[C@H](CCCN=C(N)N)NC(=O)[C@H](CCC(=O)O)NC(=O)[C@H](Cc1ccc(O)cc1)NC(=O)[C@H](C)NC(=O)[C@@H](NC(=O)[C@H](CO)NC(=O)[C@H](CC(N)=O)NC(=O)[C@H](CC(C)C)NC(=O)[C@H](C)N)C(C)C)C(C)C)C(=O)N[C@@H](CCC(N)=O)C(=O)N[C@@H](CC(=O)O)C(=O)N[C@@H](Cc1ccc(O)cc1)C(=O)O. The van der Waals surface area contributed by atoms with E-state index < -0.39 is 285 Å². The van der Waals surface area contributed by atoms with E-state index >= 15 is 0 Å². The summed E-state index contributed by atoms with van der Waals surface area (Å²) in [6.45, 7) is 9.27. The highest BCUT2D eigenvalue weighted by atomic mass is 32.2. The number of primary amides is 2. The second-order valence-electron chi connectivity index (χ2n) is 29.7. The number of aliphatic imine (C=N–C) groups is 1. The molecule has 15 atom stereocenters. The van der Waals surface area contributed by atoms with Crippen molar-refractivity contribution in [1.82, 2.24) is 74.4 Å². The summed E-state index contributed by atoms with van der Waals surface area (Å²) in [6.07, 6.45) is -4.51. The van der Waals surface area contributed by atoms with E-state index in [1.165, 1.54) is 94.9 Å². The molecule has 0 spiro atoms. The number of thioether (sulfide) groups is 1. The minimum atomic E-state index is -2.00. The molecular weight excluding hydrogens is 1630 g/mol. The molecule has 31 N–H and O–H groups in total. The summed E-state index contributed by atoms with van der Waals surface area (Å²) >= 11 is 1.19. The maximum absolute atomic E-state index is 14.6. The number of hydrogen-bond donors (Lipinski definition) is 26. The molecule has 0 bridgehead atoms. The van der Waals surface area contributed by atoms with Crippen LogP contribution in [0, 0.1) is 17.8 Å². The fourth-order valence-electron chi connectivity index (χ4n) is 11.4. The molecule has 47 heteroatoms. The molecule has 678 valence electrons. The molecule has 2 aromatic carbocycles. The van der Waals surface area contributed by atoms with Crippen molar-refractivity contribution in [3.63, 3.8) is 0 Å². The van der Waals surface area contributed by atoms with Crippen molar-refractivity contribution in [1.29, 1.82) is 0 Å². The summed E-state index contributed by atoms with van der Waals surface area (Å²) < 4.78 is 0. The number of aliphatic hydroxyl groups is 2. The van der Waals surface area contributed by atoms with Gasteiger partial charge in [-0.25, -0.2) is 4.79 Å².